The average Bonchev–Trinajstić information content (AvgIpc) is 2.75. The summed E-state index contributed by atoms with van der Waals surface area (Å²) in [6.07, 6.45) is 3.03. The molecule has 1 amide bonds. The number of likely N-dealkylation sites (N-methyl/N-ethyl adjacent to an activating group) is 1. The predicted molar refractivity (Wildman–Crippen MR) is 110 cm³/mol. The molecular formula is C22H25NO4S. The molecule has 3 rings (SSSR count). The number of thioether (sulfide) groups is 1. The highest BCUT2D eigenvalue weighted by atomic mass is 32.2. The van der Waals surface area contributed by atoms with Crippen LogP contribution in [0.2, 0.25) is 0 Å². The summed E-state index contributed by atoms with van der Waals surface area (Å²) in [5.41, 5.74) is 2.50. The second-order valence-electron chi connectivity index (χ2n) is 6.74. The van der Waals surface area contributed by atoms with Crippen LogP contribution in [0.3, 0.4) is 0 Å². The molecule has 0 fully saturated rings. The quantitative estimate of drug-likeness (QED) is 0.523. The number of carbonyl (C=O) groups is 2. The van der Waals surface area contributed by atoms with Crippen molar-refractivity contribution < 1.29 is 19.1 Å². The Labute approximate surface area is 170 Å². The molecule has 5 nitrogen and oxygen atoms in total. The molecule has 0 saturated heterocycles. The van der Waals surface area contributed by atoms with Gasteiger partial charge in [-0.3, -0.25) is 9.59 Å². The van der Waals surface area contributed by atoms with Crippen LogP contribution in [0, 0.1) is 0 Å². The van der Waals surface area contributed by atoms with Gasteiger partial charge in [0.05, 0.1) is 18.9 Å². The first-order valence-corrected chi connectivity index (χ1v) is 10.3. The fourth-order valence-corrected chi connectivity index (χ4v) is 4.10. The van der Waals surface area contributed by atoms with Crippen molar-refractivity contribution >= 4 is 23.6 Å². The lowest BCUT2D eigenvalue weighted by molar-refractivity contribution is -0.150. The molecule has 0 aliphatic heterocycles. The first-order valence-electron chi connectivity index (χ1n) is 9.34. The third-order valence-electron chi connectivity index (χ3n) is 4.97. The summed E-state index contributed by atoms with van der Waals surface area (Å²) in [5.74, 6) is 0.358. The Morgan fingerprint density at radius 3 is 2.64 bits per heavy atom. The van der Waals surface area contributed by atoms with Crippen LogP contribution in [0.5, 0.6) is 5.75 Å². The molecule has 1 aliphatic rings. The van der Waals surface area contributed by atoms with Crippen molar-refractivity contribution in [2.75, 3.05) is 26.5 Å². The van der Waals surface area contributed by atoms with Gasteiger partial charge in [-0.1, -0.05) is 24.3 Å². The van der Waals surface area contributed by atoms with Gasteiger partial charge in [0.25, 0.3) is 5.91 Å². The summed E-state index contributed by atoms with van der Waals surface area (Å²) < 4.78 is 10.3. The fourth-order valence-electron chi connectivity index (χ4n) is 3.40. The molecule has 1 aliphatic carbocycles. The molecule has 0 saturated carbocycles. The zero-order valence-electron chi connectivity index (χ0n) is 16.2. The van der Waals surface area contributed by atoms with Gasteiger partial charge in [-0.15, -0.1) is 11.8 Å². The second kappa shape index (κ2) is 9.64. The van der Waals surface area contributed by atoms with Gasteiger partial charge < -0.3 is 14.4 Å². The Hall–Kier alpha value is -2.47. The number of carbonyl (C=O) groups excluding carboxylic acids is 2. The lowest BCUT2D eigenvalue weighted by Gasteiger charge is -2.33. The van der Waals surface area contributed by atoms with Gasteiger partial charge in [0.15, 0.2) is 6.61 Å². The Morgan fingerprint density at radius 2 is 1.89 bits per heavy atom. The van der Waals surface area contributed by atoms with E-state index in [2.05, 4.69) is 12.1 Å². The number of ether oxygens (including phenoxy) is 2. The van der Waals surface area contributed by atoms with Gasteiger partial charge in [0.2, 0.25) is 0 Å². The van der Waals surface area contributed by atoms with E-state index in [-0.39, 0.29) is 24.3 Å². The molecule has 28 heavy (non-hydrogen) atoms. The van der Waals surface area contributed by atoms with Gasteiger partial charge in [-0.25, -0.2) is 0 Å². The van der Waals surface area contributed by atoms with Crippen molar-refractivity contribution in [3.63, 3.8) is 0 Å². The van der Waals surface area contributed by atoms with Crippen LogP contribution < -0.4 is 4.74 Å². The molecule has 0 bridgehead atoms. The number of esters is 1. The number of amides is 1. The Balaban J connectivity index is 1.47. The van der Waals surface area contributed by atoms with Crippen LogP contribution in [0.15, 0.2) is 53.4 Å². The molecule has 2 aromatic carbocycles. The third kappa shape index (κ3) is 5.07. The maximum Gasteiger partial charge on any atom is 0.316 e. The number of rotatable bonds is 7. The minimum Gasteiger partial charge on any atom is -0.497 e. The highest BCUT2D eigenvalue weighted by Crippen LogP contribution is 2.33. The molecule has 0 heterocycles. The van der Waals surface area contributed by atoms with Crippen molar-refractivity contribution in [1.82, 2.24) is 4.90 Å². The Kier molecular flexibility index (Phi) is 6.98. The number of methoxy groups -OCH3 is 1. The summed E-state index contributed by atoms with van der Waals surface area (Å²) in [6, 6.07) is 15.7. The number of fused-ring (bicyclic) bond motifs is 1. The third-order valence-corrected chi connectivity index (χ3v) is 5.96. The summed E-state index contributed by atoms with van der Waals surface area (Å²) >= 11 is 1.37. The molecule has 0 aromatic heterocycles. The van der Waals surface area contributed by atoms with Crippen molar-refractivity contribution in [2.45, 2.75) is 30.2 Å². The molecule has 6 heteroatoms. The van der Waals surface area contributed by atoms with Crippen molar-refractivity contribution in [3.8, 4) is 5.75 Å². The highest BCUT2D eigenvalue weighted by Gasteiger charge is 2.26. The van der Waals surface area contributed by atoms with Gasteiger partial charge >= 0.3 is 5.97 Å². The maximum absolute atomic E-state index is 12.5. The summed E-state index contributed by atoms with van der Waals surface area (Å²) in [4.78, 5) is 27.2. The Bertz CT molecular complexity index is 822. The topological polar surface area (TPSA) is 55.8 Å². The van der Waals surface area contributed by atoms with Crippen molar-refractivity contribution in [2.24, 2.45) is 0 Å². The van der Waals surface area contributed by atoms with Crippen molar-refractivity contribution in [1.29, 1.82) is 0 Å². The molecule has 0 radical (unpaired) electrons. The van der Waals surface area contributed by atoms with E-state index >= 15 is 0 Å². The van der Waals surface area contributed by atoms with Crippen molar-refractivity contribution in [3.05, 3.63) is 59.7 Å². The monoisotopic (exact) mass is 399 g/mol. The largest absolute Gasteiger partial charge is 0.497 e. The number of aryl methyl sites for hydroxylation is 1. The molecule has 2 aromatic rings. The number of nitrogens with zero attached hydrogens (tertiary/aromatic N) is 1. The van der Waals surface area contributed by atoms with E-state index < -0.39 is 5.97 Å². The maximum atomic E-state index is 12.5. The van der Waals surface area contributed by atoms with Crippen LogP contribution >= 0.6 is 11.8 Å². The molecule has 0 N–H and O–H groups in total. The van der Waals surface area contributed by atoms with E-state index in [9.17, 15) is 9.59 Å². The van der Waals surface area contributed by atoms with E-state index in [1.165, 1.54) is 22.9 Å². The van der Waals surface area contributed by atoms with Crippen LogP contribution in [-0.4, -0.2) is 43.3 Å². The van der Waals surface area contributed by atoms with Gasteiger partial charge in [-0.2, -0.15) is 0 Å². The molecular weight excluding hydrogens is 374 g/mol. The van der Waals surface area contributed by atoms with Gasteiger partial charge in [0.1, 0.15) is 5.75 Å². The molecule has 148 valence electrons. The highest BCUT2D eigenvalue weighted by molar-refractivity contribution is 8.00. The predicted octanol–water partition coefficient (Wildman–Crippen LogP) is 3.87. The number of benzene rings is 2. The SMILES string of the molecule is COc1ccc(SCC(=O)OCC(=O)N(C)[C@H]2CCCc3ccccc32)cc1. The lowest BCUT2D eigenvalue weighted by atomic mass is 9.87. The molecule has 1 atom stereocenters. The summed E-state index contributed by atoms with van der Waals surface area (Å²) in [7, 11) is 3.40. The Morgan fingerprint density at radius 1 is 1.14 bits per heavy atom. The standard InChI is InChI=1S/C22H25NO4S/c1-23(20-9-5-7-16-6-3-4-8-19(16)20)21(24)14-27-22(25)15-28-18-12-10-17(26-2)11-13-18/h3-4,6,8,10-13,20H,5,7,9,14-15H2,1-2H3/t20-/m0/s1. The minimum atomic E-state index is -0.397. The molecule has 0 unspecified atom stereocenters. The normalized spacial score (nSPS) is 15.4. The van der Waals surface area contributed by atoms with Gasteiger partial charge in [-0.05, 0) is 54.7 Å². The lowest BCUT2D eigenvalue weighted by Crippen LogP contribution is -2.36. The van der Waals surface area contributed by atoms with Crippen LogP contribution in [0.4, 0.5) is 0 Å². The van der Waals surface area contributed by atoms with E-state index in [0.717, 1.165) is 29.9 Å². The number of hydrogen-bond acceptors (Lipinski definition) is 5. The zero-order chi connectivity index (χ0) is 19.9. The van der Waals surface area contributed by atoms with E-state index in [0.29, 0.717) is 0 Å². The van der Waals surface area contributed by atoms with Crippen LogP contribution in [0.1, 0.15) is 30.0 Å². The summed E-state index contributed by atoms with van der Waals surface area (Å²) in [6.45, 7) is -0.225. The minimum absolute atomic E-state index is 0.0461. The fraction of sp³-hybridized carbons (Fsp3) is 0.364. The average molecular weight is 400 g/mol. The summed E-state index contributed by atoms with van der Waals surface area (Å²) in [5, 5.41) is 0. The van der Waals surface area contributed by atoms with E-state index in [1.807, 2.05) is 36.4 Å². The van der Waals surface area contributed by atoms with Gasteiger partial charge in [0, 0.05) is 11.9 Å². The van der Waals surface area contributed by atoms with E-state index in [4.69, 9.17) is 9.47 Å². The van der Waals surface area contributed by atoms with E-state index in [1.54, 1.807) is 19.1 Å². The zero-order valence-corrected chi connectivity index (χ0v) is 17.0. The first-order chi connectivity index (χ1) is 13.6. The number of hydrogen-bond donors (Lipinski definition) is 0. The van der Waals surface area contributed by atoms with Crippen LogP contribution in [0.25, 0.3) is 0 Å². The molecule has 0 spiro atoms. The van der Waals surface area contributed by atoms with Crippen LogP contribution in [-0.2, 0) is 20.7 Å². The first kappa shape index (κ1) is 20.3. The second-order valence-corrected chi connectivity index (χ2v) is 7.79. The smallest absolute Gasteiger partial charge is 0.316 e.